The molecule has 0 aliphatic heterocycles. The van der Waals surface area contributed by atoms with Crippen molar-refractivity contribution in [2.24, 2.45) is 0 Å². The van der Waals surface area contributed by atoms with Gasteiger partial charge in [0.1, 0.15) is 17.3 Å². The normalized spacial score (nSPS) is 13.4. The van der Waals surface area contributed by atoms with Crippen LogP contribution >= 0.6 is 0 Å². The van der Waals surface area contributed by atoms with E-state index in [1.54, 1.807) is 23.9 Å². The van der Waals surface area contributed by atoms with Gasteiger partial charge in [-0.2, -0.15) is 0 Å². The summed E-state index contributed by atoms with van der Waals surface area (Å²) in [5.74, 6) is -0.234. The van der Waals surface area contributed by atoms with Gasteiger partial charge in [0.05, 0.1) is 18.5 Å². The third kappa shape index (κ3) is 4.50. The molecule has 6 nitrogen and oxygen atoms in total. The lowest BCUT2D eigenvalue weighted by atomic mass is 10.0. The van der Waals surface area contributed by atoms with E-state index < -0.39 is 5.97 Å². The molecule has 1 aliphatic rings. The van der Waals surface area contributed by atoms with Crippen LogP contribution in [-0.2, 0) is 24.1 Å². The lowest BCUT2D eigenvalue weighted by Gasteiger charge is -2.10. The molecule has 0 radical (unpaired) electrons. The molecule has 0 atom stereocenters. The molecule has 30 heavy (non-hydrogen) atoms. The van der Waals surface area contributed by atoms with Crippen molar-refractivity contribution in [3.8, 4) is 11.4 Å². The molecule has 1 aliphatic carbocycles. The summed E-state index contributed by atoms with van der Waals surface area (Å²) in [6, 6.07) is 12.6. The number of carboxylic acids is 1. The lowest BCUT2D eigenvalue weighted by molar-refractivity contribution is -0.136. The number of hydrogen-bond donors (Lipinski definition) is 1. The molecular weight excluding hydrogens is 385 g/mol. The predicted octanol–water partition coefficient (Wildman–Crippen LogP) is 4.09. The summed E-state index contributed by atoms with van der Waals surface area (Å²) in [6.45, 7) is 0. The van der Waals surface area contributed by atoms with Crippen LogP contribution in [0.4, 0.5) is 4.39 Å². The number of benzene rings is 2. The van der Waals surface area contributed by atoms with Crippen LogP contribution in [0.15, 0.2) is 42.5 Å². The van der Waals surface area contributed by atoms with E-state index in [1.807, 2.05) is 24.3 Å². The number of aliphatic carboxylic acids is 1. The highest BCUT2D eigenvalue weighted by Gasteiger charge is 2.32. The average molecular weight is 409 g/mol. The first-order valence-corrected chi connectivity index (χ1v) is 10.1. The Labute approximate surface area is 174 Å². The number of nitrogens with zero attached hydrogens (tertiary/aromatic N) is 3. The minimum atomic E-state index is -0.795. The Kier molecular flexibility index (Phi) is 5.79. The molecule has 1 fully saturated rings. The third-order valence-electron chi connectivity index (χ3n) is 5.39. The molecule has 0 spiro atoms. The van der Waals surface area contributed by atoms with E-state index in [0.29, 0.717) is 30.2 Å². The predicted molar refractivity (Wildman–Crippen MR) is 110 cm³/mol. The number of ether oxygens (including phenoxy) is 1. The van der Waals surface area contributed by atoms with Gasteiger partial charge in [0.2, 0.25) is 0 Å². The summed E-state index contributed by atoms with van der Waals surface area (Å²) in [5, 5.41) is 17.5. The van der Waals surface area contributed by atoms with E-state index in [9.17, 15) is 9.18 Å². The van der Waals surface area contributed by atoms with E-state index in [2.05, 4.69) is 10.3 Å². The van der Waals surface area contributed by atoms with E-state index >= 15 is 0 Å². The number of aromatic nitrogens is 3. The minimum absolute atomic E-state index is 0.121. The number of carbonyl (C=O) groups is 1. The second-order valence-corrected chi connectivity index (χ2v) is 7.64. The van der Waals surface area contributed by atoms with Crippen LogP contribution in [-0.4, -0.2) is 33.2 Å². The van der Waals surface area contributed by atoms with Gasteiger partial charge < -0.3 is 9.84 Å². The van der Waals surface area contributed by atoms with Gasteiger partial charge in [-0.05, 0) is 55.4 Å². The number of aryl methyl sites for hydroxylation is 3. The highest BCUT2D eigenvalue weighted by molar-refractivity contribution is 5.67. The average Bonchev–Trinajstić information content (AvgIpc) is 3.50. The zero-order valence-electron chi connectivity index (χ0n) is 16.8. The quantitative estimate of drug-likeness (QED) is 0.576. The molecule has 0 amide bonds. The first-order chi connectivity index (χ1) is 14.5. The molecule has 156 valence electrons. The Bertz CT molecular complexity index is 1060. The summed E-state index contributed by atoms with van der Waals surface area (Å²) >= 11 is 0. The van der Waals surface area contributed by atoms with Crippen LogP contribution in [0.25, 0.3) is 5.69 Å². The van der Waals surface area contributed by atoms with Crippen molar-refractivity contribution in [3.05, 3.63) is 70.8 Å². The summed E-state index contributed by atoms with van der Waals surface area (Å²) in [7, 11) is 1.55. The van der Waals surface area contributed by atoms with Crippen molar-refractivity contribution in [2.75, 3.05) is 7.11 Å². The van der Waals surface area contributed by atoms with Crippen molar-refractivity contribution in [1.82, 2.24) is 15.0 Å². The molecule has 1 saturated carbocycles. The number of rotatable bonds is 9. The van der Waals surface area contributed by atoms with Crippen molar-refractivity contribution in [3.63, 3.8) is 0 Å². The van der Waals surface area contributed by atoms with Gasteiger partial charge in [-0.25, -0.2) is 9.07 Å². The summed E-state index contributed by atoms with van der Waals surface area (Å²) in [4.78, 5) is 10.8. The maximum absolute atomic E-state index is 14.5. The van der Waals surface area contributed by atoms with Crippen LogP contribution in [0.3, 0.4) is 0 Å². The molecule has 3 aromatic rings. The van der Waals surface area contributed by atoms with Crippen LogP contribution in [0.2, 0.25) is 0 Å². The van der Waals surface area contributed by atoms with E-state index in [-0.39, 0.29) is 12.2 Å². The standard InChI is InChI=1S/C23H24FN3O3/c1-30-18-9-10-19(24)21(14-18)27-23(17-7-8-17)20(25-26-27)11-5-15-3-2-4-16(13-15)6-12-22(28)29/h2-4,9-10,13-14,17H,5-8,11-12H2,1H3,(H,28,29). The van der Waals surface area contributed by atoms with E-state index in [4.69, 9.17) is 9.84 Å². The maximum atomic E-state index is 14.5. The van der Waals surface area contributed by atoms with Crippen LogP contribution in [0, 0.1) is 5.82 Å². The monoisotopic (exact) mass is 409 g/mol. The summed E-state index contributed by atoms with van der Waals surface area (Å²) < 4.78 is 21.4. The highest BCUT2D eigenvalue weighted by atomic mass is 19.1. The van der Waals surface area contributed by atoms with Gasteiger partial charge in [-0.3, -0.25) is 4.79 Å². The molecule has 1 heterocycles. The molecule has 4 rings (SSSR count). The Morgan fingerprint density at radius 1 is 1.17 bits per heavy atom. The maximum Gasteiger partial charge on any atom is 0.303 e. The number of halogens is 1. The van der Waals surface area contributed by atoms with Gasteiger partial charge in [0.15, 0.2) is 0 Å². The smallest absolute Gasteiger partial charge is 0.303 e. The van der Waals surface area contributed by atoms with Gasteiger partial charge in [0.25, 0.3) is 0 Å². The van der Waals surface area contributed by atoms with Crippen molar-refractivity contribution in [2.45, 2.75) is 44.4 Å². The Balaban J connectivity index is 1.55. The molecule has 1 aromatic heterocycles. The van der Waals surface area contributed by atoms with Crippen LogP contribution < -0.4 is 4.74 Å². The third-order valence-corrected chi connectivity index (χ3v) is 5.39. The summed E-state index contributed by atoms with van der Waals surface area (Å²) in [5.41, 5.74) is 4.35. The number of hydrogen-bond acceptors (Lipinski definition) is 4. The van der Waals surface area contributed by atoms with E-state index in [1.165, 1.54) is 6.07 Å². The molecular formula is C23H24FN3O3. The minimum Gasteiger partial charge on any atom is -0.497 e. The fourth-order valence-corrected chi connectivity index (χ4v) is 3.68. The zero-order valence-corrected chi connectivity index (χ0v) is 16.8. The Morgan fingerprint density at radius 2 is 1.93 bits per heavy atom. The lowest BCUT2D eigenvalue weighted by Crippen LogP contribution is -2.06. The van der Waals surface area contributed by atoms with Crippen molar-refractivity contribution < 1.29 is 19.0 Å². The van der Waals surface area contributed by atoms with Gasteiger partial charge in [0, 0.05) is 18.4 Å². The molecule has 0 unspecified atom stereocenters. The number of carboxylic acid groups (broad SMARTS) is 1. The second kappa shape index (κ2) is 8.65. The van der Waals surface area contributed by atoms with Crippen LogP contribution in [0.5, 0.6) is 5.75 Å². The van der Waals surface area contributed by atoms with Gasteiger partial charge >= 0.3 is 5.97 Å². The zero-order chi connectivity index (χ0) is 21.1. The fourth-order valence-electron chi connectivity index (χ4n) is 3.68. The SMILES string of the molecule is COc1ccc(F)c(-n2nnc(CCc3cccc(CCC(=O)O)c3)c2C2CC2)c1. The Morgan fingerprint density at radius 3 is 2.63 bits per heavy atom. The van der Waals surface area contributed by atoms with Crippen LogP contribution in [0.1, 0.15) is 47.7 Å². The highest BCUT2D eigenvalue weighted by Crippen LogP contribution is 2.42. The first-order valence-electron chi connectivity index (χ1n) is 10.1. The van der Waals surface area contributed by atoms with Crippen molar-refractivity contribution >= 4 is 5.97 Å². The fraction of sp³-hybridized carbons (Fsp3) is 0.348. The topological polar surface area (TPSA) is 77.2 Å². The molecule has 0 saturated heterocycles. The Hall–Kier alpha value is -3.22. The van der Waals surface area contributed by atoms with Gasteiger partial charge in [-0.1, -0.05) is 29.5 Å². The van der Waals surface area contributed by atoms with Gasteiger partial charge in [-0.15, -0.1) is 5.10 Å². The summed E-state index contributed by atoms with van der Waals surface area (Å²) in [6.07, 6.45) is 4.20. The first kappa shape index (κ1) is 20.1. The second-order valence-electron chi connectivity index (χ2n) is 7.64. The molecule has 0 bridgehead atoms. The molecule has 2 aromatic carbocycles. The van der Waals surface area contributed by atoms with E-state index in [0.717, 1.165) is 41.8 Å². The van der Waals surface area contributed by atoms with Crippen molar-refractivity contribution in [1.29, 1.82) is 0 Å². The number of methoxy groups -OCH3 is 1. The largest absolute Gasteiger partial charge is 0.497 e. The molecule has 1 N–H and O–H groups in total. The molecule has 7 heteroatoms.